The number of pyridine rings is 1. The normalized spacial score (nSPS) is 20.3. The fraction of sp³-hybridized carbons (Fsp3) is 0.407. The fourth-order valence-corrected chi connectivity index (χ4v) is 5.02. The first-order chi connectivity index (χ1) is 18.1. The maximum absolute atomic E-state index is 15.1. The first-order valence-electron chi connectivity index (χ1n) is 12.5. The van der Waals surface area contributed by atoms with Gasteiger partial charge >= 0.3 is 6.18 Å². The Morgan fingerprint density at radius 3 is 2.39 bits per heavy atom. The highest BCUT2D eigenvalue weighted by Gasteiger charge is 2.33. The van der Waals surface area contributed by atoms with Gasteiger partial charge < -0.3 is 9.30 Å². The summed E-state index contributed by atoms with van der Waals surface area (Å²) in [5.41, 5.74) is 0.882. The van der Waals surface area contributed by atoms with Crippen LogP contribution in [0.15, 0.2) is 41.6 Å². The van der Waals surface area contributed by atoms with Gasteiger partial charge in [-0.25, -0.2) is 14.4 Å². The van der Waals surface area contributed by atoms with E-state index in [4.69, 9.17) is 4.74 Å². The van der Waals surface area contributed by atoms with Gasteiger partial charge in [0.2, 0.25) is 0 Å². The lowest BCUT2D eigenvalue weighted by atomic mass is 9.98. The summed E-state index contributed by atoms with van der Waals surface area (Å²) >= 11 is 0. The number of benzene rings is 1. The van der Waals surface area contributed by atoms with Crippen LogP contribution in [-0.2, 0) is 10.9 Å². The van der Waals surface area contributed by atoms with Crippen molar-refractivity contribution in [2.24, 2.45) is 0 Å². The zero-order valence-corrected chi connectivity index (χ0v) is 20.8. The van der Waals surface area contributed by atoms with Gasteiger partial charge in [0.15, 0.2) is 5.52 Å². The predicted molar refractivity (Wildman–Crippen MR) is 131 cm³/mol. The lowest BCUT2D eigenvalue weighted by Crippen LogP contribution is -2.31. The van der Waals surface area contributed by atoms with Gasteiger partial charge in [-0.05, 0) is 51.7 Å². The highest BCUT2D eigenvalue weighted by molar-refractivity contribution is 5.91. The van der Waals surface area contributed by atoms with Crippen molar-refractivity contribution < 1.29 is 22.3 Å². The molecule has 2 fully saturated rings. The predicted octanol–water partition coefficient (Wildman–Crippen LogP) is 5.86. The molecule has 0 radical (unpaired) electrons. The molecule has 0 amide bonds. The molecule has 6 rings (SSSR count). The van der Waals surface area contributed by atoms with Gasteiger partial charge in [0.1, 0.15) is 11.3 Å². The molecule has 3 aromatic heterocycles. The number of halogens is 4. The summed E-state index contributed by atoms with van der Waals surface area (Å²) in [6.07, 6.45) is 3.53. The Labute approximate surface area is 215 Å². The van der Waals surface area contributed by atoms with Crippen LogP contribution in [0.1, 0.15) is 66.4 Å². The number of nitrogens with zero attached hydrogens (tertiary/aromatic N) is 5. The SMILES string of the molecule is Cc1nc2c(-c3ccc(C(F)(F)F)cc3F)cn([C@@H]3CCO[C@H](c4cnn(C5CC5)c4)C3)c(=O)c2nc1C. The second kappa shape index (κ2) is 9.00. The van der Waals surface area contributed by atoms with Crippen molar-refractivity contribution in [2.45, 2.75) is 63.9 Å². The first-order valence-corrected chi connectivity index (χ1v) is 12.5. The second-order valence-corrected chi connectivity index (χ2v) is 10.1. The van der Waals surface area contributed by atoms with Crippen molar-refractivity contribution in [2.75, 3.05) is 6.61 Å². The fourth-order valence-electron chi connectivity index (χ4n) is 5.02. The lowest BCUT2D eigenvalue weighted by Gasteiger charge is -2.31. The quantitative estimate of drug-likeness (QED) is 0.311. The van der Waals surface area contributed by atoms with Gasteiger partial charge in [-0.15, -0.1) is 0 Å². The molecule has 198 valence electrons. The first kappa shape index (κ1) is 24.7. The van der Waals surface area contributed by atoms with E-state index in [1.807, 2.05) is 10.9 Å². The Morgan fingerprint density at radius 1 is 0.974 bits per heavy atom. The average molecular weight is 528 g/mol. The summed E-state index contributed by atoms with van der Waals surface area (Å²) in [4.78, 5) is 22.6. The zero-order chi connectivity index (χ0) is 26.8. The molecule has 0 bridgehead atoms. The number of ether oxygens (including phenoxy) is 1. The maximum Gasteiger partial charge on any atom is 0.416 e. The van der Waals surface area contributed by atoms with Gasteiger partial charge in [-0.3, -0.25) is 9.48 Å². The van der Waals surface area contributed by atoms with E-state index in [0.29, 0.717) is 42.9 Å². The summed E-state index contributed by atoms with van der Waals surface area (Å²) in [6.45, 7) is 3.83. The molecular weight excluding hydrogens is 502 g/mol. The molecule has 1 aliphatic carbocycles. The largest absolute Gasteiger partial charge is 0.416 e. The third kappa shape index (κ3) is 4.38. The van der Waals surface area contributed by atoms with Gasteiger partial charge in [-0.1, -0.05) is 6.07 Å². The van der Waals surface area contributed by atoms with E-state index in [1.165, 1.54) is 10.8 Å². The molecule has 7 nitrogen and oxygen atoms in total. The Bertz CT molecular complexity index is 1610. The van der Waals surface area contributed by atoms with E-state index in [1.54, 1.807) is 20.0 Å². The molecule has 11 heteroatoms. The van der Waals surface area contributed by atoms with Crippen molar-refractivity contribution in [3.05, 3.63) is 75.5 Å². The molecule has 0 N–H and O–H groups in total. The van der Waals surface area contributed by atoms with Crippen LogP contribution < -0.4 is 5.56 Å². The highest BCUT2D eigenvalue weighted by atomic mass is 19.4. The van der Waals surface area contributed by atoms with Crippen LogP contribution >= 0.6 is 0 Å². The van der Waals surface area contributed by atoms with Crippen LogP contribution in [-0.4, -0.2) is 30.9 Å². The Kier molecular flexibility index (Phi) is 5.86. The number of hydrogen-bond donors (Lipinski definition) is 0. The topological polar surface area (TPSA) is 74.8 Å². The lowest BCUT2D eigenvalue weighted by molar-refractivity contribution is -0.137. The monoisotopic (exact) mass is 527 g/mol. The smallest absolute Gasteiger partial charge is 0.373 e. The van der Waals surface area contributed by atoms with Crippen molar-refractivity contribution in [1.29, 1.82) is 0 Å². The third-order valence-corrected chi connectivity index (χ3v) is 7.42. The van der Waals surface area contributed by atoms with Gasteiger partial charge in [0.05, 0.1) is 35.3 Å². The van der Waals surface area contributed by atoms with Gasteiger partial charge in [0, 0.05) is 41.7 Å². The number of alkyl halides is 3. The summed E-state index contributed by atoms with van der Waals surface area (Å²) in [5.74, 6) is -1.05. The zero-order valence-electron chi connectivity index (χ0n) is 20.8. The van der Waals surface area contributed by atoms with Crippen LogP contribution in [0.3, 0.4) is 0 Å². The second-order valence-electron chi connectivity index (χ2n) is 10.1. The number of fused-ring (bicyclic) bond motifs is 1. The molecule has 1 aromatic carbocycles. The van der Waals surface area contributed by atoms with E-state index in [-0.39, 0.29) is 39.9 Å². The van der Waals surface area contributed by atoms with Crippen molar-refractivity contribution in [3.63, 3.8) is 0 Å². The van der Waals surface area contributed by atoms with Crippen LogP contribution in [0.2, 0.25) is 0 Å². The number of aromatic nitrogens is 5. The Balaban J connectivity index is 1.46. The van der Waals surface area contributed by atoms with Gasteiger partial charge in [-0.2, -0.15) is 18.3 Å². The molecule has 0 unspecified atom stereocenters. The van der Waals surface area contributed by atoms with E-state index >= 15 is 4.39 Å². The molecule has 4 heterocycles. The van der Waals surface area contributed by atoms with E-state index < -0.39 is 17.6 Å². The molecule has 2 atom stereocenters. The minimum Gasteiger partial charge on any atom is -0.373 e. The van der Waals surface area contributed by atoms with Crippen molar-refractivity contribution >= 4 is 11.0 Å². The maximum atomic E-state index is 15.1. The number of aryl methyl sites for hydroxylation is 2. The van der Waals surface area contributed by atoms with Crippen LogP contribution in [0.4, 0.5) is 17.6 Å². The molecule has 38 heavy (non-hydrogen) atoms. The Morgan fingerprint density at radius 2 is 1.71 bits per heavy atom. The highest BCUT2D eigenvalue weighted by Crippen LogP contribution is 2.39. The van der Waals surface area contributed by atoms with Crippen LogP contribution in [0, 0.1) is 19.7 Å². The van der Waals surface area contributed by atoms with Crippen LogP contribution in [0.25, 0.3) is 22.2 Å². The number of hydrogen-bond acceptors (Lipinski definition) is 5. The van der Waals surface area contributed by atoms with Gasteiger partial charge in [0.25, 0.3) is 5.56 Å². The Hall–Kier alpha value is -3.60. The molecule has 1 saturated heterocycles. The molecule has 2 aliphatic rings. The molecule has 4 aromatic rings. The van der Waals surface area contributed by atoms with Crippen LogP contribution in [0.5, 0.6) is 0 Å². The standard InChI is InChI=1S/C27H25F4N5O2/c1-14-15(2)34-25-24(33-14)21(20-6-3-17(9-22(20)28)27(29,30)31)13-35(26(25)37)19-7-8-38-23(10-19)16-11-32-36(12-16)18-4-5-18/h3,6,9,11-13,18-19,23H,4-5,7-8,10H2,1-2H3/t19-,23+/m1/s1. The minimum atomic E-state index is -4.68. The molecular formula is C27H25F4N5O2. The summed E-state index contributed by atoms with van der Waals surface area (Å²) in [5, 5.41) is 4.44. The molecule has 0 spiro atoms. The molecule has 1 aliphatic heterocycles. The summed E-state index contributed by atoms with van der Waals surface area (Å²) < 4.78 is 64.2. The van der Waals surface area contributed by atoms with E-state index in [2.05, 4.69) is 15.1 Å². The van der Waals surface area contributed by atoms with E-state index in [0.717, 1.165) is 30.5 Å². The minimum absolute atomic E-state index is 0.0505. The molecule has 1 saturated carbocycles. The number of rotatable bonds is 4. The summed E-state index contributed by atoms with van der Waals surface area (Å²) in [6, 6.07) is 2.51. The van der Waals surface area contributed by atoms with Crippen molar-refractivity contribution in [1.82, 2.24) is 24.3 Å². The summed E-state index contributed by atoms with van der Waals surface area (Å²) in [7, 11) is 0. The van der Waals surface area contributed by atoms with Crippen molar-refractivity contribution in [3.8, 4) is 11.1 Å². The average Bonchev–Trinajstić information content (AvgIpc) is 3.61. The third-order valence-electron chi connectivity index (χ3n) is 7.42. The van der Waals surface area contributed by atoms with E-state index in [9.17, 15) is 18.0 Å².